The number of ether oxygens (including phenoxy) is 1. The minimum absolute atomic E-state index is 0.239. The van der Waals surface area contributed by atoms with E-state index < -0.39 is 13.0 Å². The second kappa shape index (κ2) is 7.27. The van der Waals surface area contributed by atoms with Crippen molar-refractivity contribution < 1.29 is 19.6 Å². The highest BCUT2D eigenvalue weighted by atomic mass is 16.5. The largest absolute Gasteiger partial charge is 0.488 e. The van der Waals surface area contributed by atoms with Crippen LogP contribution in [0.5, 0.6) is 11.5 Å². The van der Waals surface area contributed by atoms with E-state index in [1.54, 1.807) is 42.5 Å². The molecule has 2 aromatic carbocycles. The van der Waals surface area contributed by atoms with Gasteiger partial charge in [-0.25, -0.2) is 0 Å². The minimum atomic E-state index is -1.54. The Hall–Kier alpha value is -2.82. The van der Waals surface area contributed by atoms with Crippen LogP contribution >= 0.6 is 0 Å². The molecule has 0 aliphatic carbocycles. The SMILES string of the molecule is N#CCC(=O)Nc1ccccc1Oc1ccc(B(O)O)cc1. The van der Waals surface area contributed by atoms with Crippen LogP contribution in [0.25, 0.3) is 0 Å². The van der Waals surface area contributed by atoms with E-state index in [0.29, 0.717) is 22.6 Å². The first-order valence-corrected chi connectivity index (χ1v) is 6.50. The summed E-state index contributed by atoms with van der Waals surface area (Å²) in [4.78, 5) is 11.5. The fraction of sp³-hybridized carbons (Fsp3) is 0.0667. The van der Waals surface area contributed by atoms with Crippen molar-refractivity contribution in [2.24, 2.45) is 0 Å². The summed E-state index contributed by atoms with van der Waals surface area (Å²) >= 11 is 0. The Morgan fingerprint density at radius 1 is 1.18 bits per heavy atom. The lowest BCUT2D eigenvalue weighted by molar-refractivity contribution is -0.115. The molecule has 0 radical (unpaired) electrons. The first kappa shape index (κ1) is 15.6. The molecule has 0 fully saturated rings. The van der Waals surface area contributed by atoms with Crippen molar-refractivity contribution in [1.82, 2.24) is 0 Å². The van der Waals surface area contributed by atoms with Gasteiger partial charge in [0.1, 0.15) is 12.2 Å². The van der Waals surface area contributed by atoms with E-state index in [4.69, 9.17) is 20.0 Å². The van der Waals surface area contributed by atoms with Crippen LogP contribution in [0.1, 0.15) is 6.42 Å². The van der Waals surface area contributed by atoms with Gasteiger partial charge in [-0.1, -0.05) is 24.3 Å². The lowest BCUT2D eigenvalue weighted by atomic mass is 9.80. The topological polar surface area (TPSA) is 103 Å². The Kier molecular flexibility index (Phi) is 5.14. The van der Waals surface area contributed by atoms with Crippen LogP contribution in [0.3, 0.4) is 0 Å². The number of carbonyl (C=O) groups is 1. The van der Waals surface area contributed by atoms with Crippen molar-refractivity contribution in [1.29, 1.82) is 5.26 Å². The zero-order chi connectivity index (χ0) is 15.9. The Labute approximate surface area is 127 Å². The number of benzene rings is 2. The molecule has 0 aromatic heterocycles. The number of nitrogens with zero attached hydrogens (tertiary/aromatic N) is 1. The van der Waals surface area contributed by atoms with Crippen molar-refractivity contribution in [2.45, 2.75) is 6.42 Å². The van der Waals surface area contributed by atoms with Crippen molar-refractivity contribution >= 4 is 24.2 Å². The van der Waals surface area contributed by atoms with Crippen LogP contribution in [0, 0.1) is 11.3 Å². The van der Waals surface area contributed by atoms with Crippen LogP contribution < -0.4 is 15.5 Å². The summed E-state index contributed by atoms with van der Waals surface area (Å²) in [5.74, 6) is 0.481. The van der Waals surface area contributed by atoms with Crippen LogP contribution in [-0.2, 0) is 4.79 Å². The zero-order valence-electron chi connectivity index (χ0n) is 11.6. The molecule has 3 N–H and O–H groups in total. The Balaban J connectivity index is 2.15. The summed E-state index contributed by atoms with van der Waals surface area (Å²) in [6.45, 7) is 0. The first-order valence-electron chi connectivity index (χ1n) is 6.50. The molecule has 1 amide bonds. The van der Waals surface area contributed by atoms with Crippen molar-refractivity contribution in [3.05, 3.63) is 48.5 Å². The lowest BCUT2D eigenvalue weighted by Gasteiger charge is -2.12. The molecule has 6 nitrogen and oxygen atoms in total. The minimum Gasteiger partial charge on any atom is -0.455 e. The highest BCUT2D eigenvalue weighted by Gasteiger charge is 2.11. The van der Waals surface area contributed by atoms with Gasteiger partial charge in [0.25, 0.3) is 0 Å². The smallest absolute Gasteiger partial charge is 0.455 e. The Morgan fingerprint density at radius 2 is 1.86 bits per heavy atom. The second-order valence-electron chi connectivity index (χ2n) is 4.42. The van der Waals surface area contributed by atoms with Crippen LogP contribution in [0.4, 0.5) is 5.69 Å². The molecular formula is C15H13BN2O4. The van der Waals surface area contributed by atoms with Gasteiger partial charge in [-0.15, -0.1) is 0 Å². The maximum absolute atomic E-state index is 11.5. The third-order valence-corrected chi connectivity index (χ3v) is 2.81. The van der Waals surface area contributed by atoms with E-state index in [0.717, 1.165) is 0 Å². The van der Waals surface area contributed by atoms with Crippen molar-refractivity contribution in [2.75, 3.05) is 5.32 Å². The van der Waals surface area contributed by atoms with Gasteiger partial charge in [0.15, 0.2) is 5.75 Å². The highest BCUT2D eigenvalue weighted by Crippen LogP contribution is 2.28. The number of rotatable bonds is 5. The molecule has 0 aliphatic rings. The molecule has 0 spiro atoms. The summed E-state index contributed by atoms with van der Waals surface area (Å²) in [5, 5.41) is 29.2. The molecule has 0 saturated heterocycles. The van der Waals surface area contributed by atoms with Gasteiger partial charge in [-0.3, -0.25) is 4.79 Å². The van der Waals surface area contributed by atoms with Gasteiger partial charge in [0.2, 0.25) is 5.91 Å². The summed E-state index contributed by atoms with van der Waals surface area (Å²) in [5.41, 5.74) is 0.803. The third-order valence-electron chi connectivity index (χ3n) is 2.81. The van der Waals surface area contributed by atoms with Crippen molar-refractivity contribution in [3.8, 4) is 17.6 Å². The van der Waals surface area contributed by atoms with E-state index in [1.165, 1.54) is 12.1 Å². The number of hydrogen-bond donors (Lipinski definition) is 3. The van der Waals surface area contributed by atoms with Crippen LogP contribution in [0.2, 0.25) is 0 Å². The molecule has 110 valence electrons. The normalized spacial score (nSPS) is 9.68. The standard InChI is InChI=1S/C15H13BN2O4/c17-10-9-15(19)18-13-3-1-2-4-14(13)22-12-7-5-11(6-8-12)16(20)21/h1-8,20-21H,9H2,(H,18,19). The van der Waals surface area contributed by atoms with E-state index in [9.17, 15) is 4.79 Å². The molecule has 22 heavy (non-hydrogen) atoms. The molecule has 0 unspecified atom stereocenters. The maximum Gasteiger partial charge on any atom is 0.488 e. The van der Waals surface area contributed by atoms with Gasteiger partial charge in [-0.2, -0.15) is 5.26 Å². The maximum atomic E-state index is 11.5. The van der Waals surface area contributed by atoms with Gasteiger partial charge in [0, 0.05) is 0 Å². The molecule has 2 aromatic rings. The molecule has 0 saturated carbocycles. The monoisotopic (exact) mass is 296 g/mol. The van der Waals surface area contributed by atoms with E-state index in [2.05, 4.69) is 5.32 Å². The predicted molar refractivity (Wildman–Crippen MR) is 81.6 cm³/mol. The van der Waals surface area contributed by atoms with Gasteiger partial charge in [0.05, 0.1) is 11.8 Å². The number of carbonyl (C=O) groups excluding carboxylic acids is 1. The number of nitriles is 1. The summed E-state index contributed by atoms with van der Waals surface area (Å²) in [6, 6.07) is 14.8. The lowest BCUT2D eigenvalue weighted by Crippen LogP contribution is -2.29. The van der Waals surface area contributed by atoms with Crippen LogP contribution in [0.15, 0.2) is 48.5 Å². The number of anilines is 1. The average molecular weight is 296 g/mol. The van der Waals surface area contributed by atoms with Gasteiger partial charge < -0.3 is 20.1 Å². The predicted octanol–water partition coefficient (Wildman–Crippen LogP) is 1.01. The zero-order valence-corrected chi connectivity index (χ0v) is 11.6. The quantitative estimate of drug-likeness (QED) is 0.715. The number of nitrogens with one attached hydrogen (secondary N) is 1. The molecule has 0 bridgehead atoms. The fourth-order valence-electron chi connectivity index (χ4n) is 1.76. The summed E-state index contributed by atoms with van der Waals surface area (Å²) < 4.78 is 5.66. The van der Waals surface area contributed by atoms with Gasteiger partial charge >= 0.3 is 7.12 Å². The van der Waals surface area contributed by atoms with E-state index in [1.807, 2.05) is 0 Å². The van der Waals surface area contributed by atoms with Crippen LogP contribution in [-0.4, -0.2) is 23.1 Å². The molecule has 0 aliphatic heterocycles. The first-order chi connectivity index (χ1) is 10.6. The molecule has 0 heterocycles. The second-order valence-corrected chi connectivity index (χ2v) is 4.42. The number of para-hydroxylation sites is 2. The molecule has 0 atom stereocenters. The van der Waals surface area contributed by atoms with Crippen molar-refractivity contribution in [3.63, 3.8) is 0 Å². The number of hydrogen-bond acceptors (Lipinski definition) is 5. The Morgan fingerprint density at radius 3 is 2.50 bits per heavy atom. The molecule has 7 heteroatoms. The fourth-order valence-corrected chi connectivity index (χ4v) is 1.76. The summed E-state index contributed by atoms with van der Waals surface area (Å²) in [6.07, 6.45) is -0.239. The highest BCUT2D eigenvalue weighted by molar-refractivity contribution is 6.58. The van der Waals surface area contributed by atoms with E-state index >= 15 is 0 Å². The summed E-state index contributed by atoms with van der Waals surface area (Å²) in [7, 11) is -1.54. The molecular weight excluding hydrogens is 283 g/mol. The van der Waals surface area contributed by atoms with E-state index in [-0.39, 0.29) is 6.42 Å². The van der Waals surface area contributed by atoms with Gasteiger partial charge in [-0.05, 0) is 29.7 Å². The number of amides is 1. The third kappa shape index (κ3) is 4.09. The Bertz CT molecular complexity index is 695. The average Bonchev–Trinajstić information content (AvgIpc) is 2.50. The molecule has 2 rings (SSSR count).